The monoisotopic (exact) mass is 330 g/mol. The largest absolute Gasteiger partial charge is 0.336 e. The van der Waals surface area contributed by atoms with Crippen molar-refractivity contribution < 1.29 is 4.79 Å². The highest BCUT2D eigenvalue weighted by atomic mass is 79.9. The van der Waals surface area contributed by atoms with Crippen LogP contribution in [0.15, 0.2) is 15.9 Å². The molecule has 1 unspecified atom stereocenters. The number of carbonyl (C=O) groups excluding carboxylic acids is 1. The van der Waals surface area contributed by atoms with Crippen molar-refractivity contribution in [1.82, 2.24) is 4.90 Å². The lowest BCUT2D eigenvalue weighted by Crippen LogP contribution is -2.42. The smallest absolute Gasteiger partial charge is 0.223 e. The van der Waals surface area contributed by atoms with Gasteiger partial charge in [-0.15, -0.1) is 11.3 Å². The van der Waals surface area contributed by atoms with Crippen molar-refractivity contribution in [3.63, 3.8) is 0 Å². The first kappa shape index (κ1) is 14.0. The number of nitrogens with two attached hydrogens (primary N) is 1. The number of amides is 1. The third-order valence-electron chi connectivity index (χ3n) is 3.42. The van der Waals surface area contributed by atoms with Crippen LogP contribution in [-0.2, 0) is 11.2 Å². The summed E-state index contributed by atoms with van der Waals surface area (Å²) in [6.07, 6.45) is 2.28. The summed E-state index contributed by atoms with van der Waals surface area (Å²) < 4.78 is 1.10. The highest BCUT2D eigenvalue weighted by molar-refractivity contribution is 9.10. The second-order valence-corrected chi connectivity index (χ2v) is 7.42. The molecular weight excluding hydrogens is 312 g/mol. The van der Waals surface area contributed by atoms with E-state index >= 15 is 0 Å². The lowest BCUT2D eigenvalue weighted by atomic mass is 10.0. The summed E-state index contributed by atoms with van der Waals surface area (Å²) in [5.74, 6) is 0.220. The number of halogens is 1. The Morgan fingerprint density at radius 2 is 2.39 bits per heavy atom. The number of rotatable bonds is 3. The van der Waals surface area contributed by atoms with Crippen LogP contribution in [-0.4, -0.2) is 28.9 Å². The number of hydrogen-bond donors (Lipinski definition) is 1. The lowest BCUT2D eigenvalue weighted by Gasteiger charge is -2.31. The van der Waals surface area contributed by atoms with Crippen LogP contribution in [0.1, 0.15) is 31.6 Å². The summed E-state index contributed by atoms with van der Waals surface area (Å²) >= 11 is 5.12. The number of likely N-dealkylation sites (tertiary alicyclic amines) is 1. The zero-order valence-electron chi connectivity index (χ0n) is 10.8. The Kier molecular flexibility index (Phi) is 4.14. The van der Waals surface area contributed by atoms with Gasteiger partial charge in [0.2, 0.25) is 5.91 Å². The van der Waals surface area contributed by atoms with E-state index in [9.17, 15) is 4.79 Å². The van der Waals surface area contributed by atoms with E-state index in [4.69, 9.17) is 5.73 Å². The maximum atomic E-state index is 12.2. The molecule has 1 atom stereocenters. The van der Waals surface area contributed by atoms with E-state index in [1.54, 1.807) is 11.3 Å². The summed E-state index contributed by atoms with van der Waals surface area (Å²) in [5, 5.41) is 2.05. The molecule has 0 saturated carbocycles. The summed E-state index contributed by atoms with van der Waals surface area (Å²) in [6, 6.07) is 2.21. The van der Waals surface area contributed by atoms with E-state index in [0.717, 1.165) is 17.3 Å². The molecular formula is C13H19BrN2OS. The molecule has 1 amide bonds. The predicted molar refractivity (Wildman–Crippen MR) is 78.7 cm³/mol. The SMILES string of the molecule is CC1(C)CC(N)CN1C(=O)CCc1cc(Br)cs1. The number of carbonyl (C=O) groups is 1. The molecule has 0 radical (unpaired) electrons. The predicted octanol–water partition coefficient (Wildman–Crippen LogP) is 2.78. The van der Waals surface area contributed by atoms with Gasteiger partial charge < -0.3 is 10.6 Å². The van der Waals surface area contributed by atoms with E-state index < -0.39 is 0 Å². The van der Waals surface area contributed by atoms with Crippen molar-refractivity contribution in [2.75, 3.05) is 6.54 Å². The standard InChI is InChI=1S/C13H19BrN2OS/c1-13(2)6-10(15)7-16(13)12(17)4-3-11-5-9(14)8-18-11/h5,8,10H,3-4,6-7,15H2,1-2H3. The Labute approximate surface area is 120 Å². The molecule has 0 aromatic carbocycles. The van der Waals surface area contributed by atoms with Crippen LogP contribution >= 0.6 is 27.3 Å². The number of thiophene rings is 1. The molecule has 2 rings (SSSR count). The van der Waals surface area contributed by atoms with E-state index in [1.807, 2.05) is 4.90 Å². The molecule has 1 fully saturated rings. The average molecular weight is 331 g/mol. The minimum Gasteiger partial charge on any atom is -0.336 e. The molecule has 1 saturated heterocycles. The molecule has 2 heterocycles. The average Bonchev–Trinajstić information content (AvgIpc) is 2.78. The van der Waals surface area contributed by atoms with Crippen LogP contribution in [0.4, 0.5) is 0 Å². The Balaban J connectivity index is 1.92. The zero-order chi connectivity index (χ0) is 13.3. The first-order valence-electron chi connectivity index (χ1n) is 6.17. The molecule has 2 N–H and O–H groups in total. The Morgan fingerprint density at radius 1 is 1.67 bits per heavy atom. The fourth-order valence-electron chi connectivity index (χ4n) is 2.59. The van der Waals surface area contributed by atoms with Gasteiger partial charge in [0.15, 0.2) is 0 Å². The van der Waals surface area contributed by atoms with Crippen LogP contribution in [0, 0.1) is 0 Å². The van der Waals surface area contributed by atoms with Gasteiger partial charge in [0, 0.05) is 39.3 Å². The van der Waals surface area contributed by atoms with Crippen molar-refractivity contribution in [2.24, 2.45) is 5.73 Å². The third-order valence-corrected chi connectivity index (χ3v) is 5.17. The molecule has 0 spiro atoms. The molecule has 1 aromatic rings. The summed E-state index contributed by atoms with van der Waals surface area (Å²) in [4.78, 5) is 15.4. The Bertz CT molecular complexity index is 444. The van der Waals surface area contributed by atoms with Gasteiger partial charge >= 0.3 is 0 Å². The van der Waals surface area contributed by atoms with Crippen molar-refractivity contribution in [1.29, 1.82) is 0 Å². The molecule has 1 aliphatic rings. The fraction of sp³-hybridized carbons (Fsp3) is 0.615. The quantitative estimate of drug-likeness (QED) is 0.926. The minimum absolute atomic E-state index is 0.0907. The third kappa shape index (κ3) is 3.13. The van der Waals surface area contributed by atoms with E-state index in [2.05, 4.69) is 41.2 Å². The second kappa shape index (κ2) is 5.31. The maximum absolute atomic E-state index is 12.2. The van der Waals surface area contributed by atoms with E-state index in [-0.39, 0.29) is 17.5 Å². The number of nitrogens with zero attached hydrogens (tertiary/aromatic N) is 1. The summed E-state index contributed by atoms with van der Waals surface area (Å²) in [6.45, 7) is 4.89. The fourth-order valence-corrected chi connectivity index (χ4v) is 4.04. The van der Waals surface area contributed by atoms with Gasteiger partial charge in [0.25, 0.3) is 0 Å². The molecule has 0 aliphatic carbocycles. The molecule has 3 nitrogen and oxygen atoms in total. The molecule has 18 heavy (non-hydrogen) atoms. The number of aryl methyl sites for hydroxylation is 1. The van der Waals surface area contributed by atoms with Crippen molar-refractivity contribution in [3.8, 4) is 0 Å². The van der Waals surface area contributed by atoms with E-state index in [1.165, 1.54) is 4.88 Å². The maximum Gasteiger partial charge on any atom is 0.223 e. The lowest BCUT2D eigenvalue weighted by molar-refractivity contribution is -0.134. The topological polar surface area (TPSA) is 46.3 Å². The first-order valence-corrected chi connectivity index (χ1v) is 7.85. The number of hydrogen-bond acceptors (Lipinski definition) is 3. The van der Waals surface area contributed by atoms with Gasteiger partial charge in [-0.3, -0.25) is 4.79 Å². The molecule has 1 aliphatic heterocycles. The summed E-state index contributed by atoms with van der Waals surface area (Å²) in [7, 11) is 0. The van der Waals surface area contributed by atoms with Gasteiger partial charge in [0.05, 0.1) is 0 Å². The van der Waals surface area contributed by atoms with Crippen molar-refractivity contribution >= 4 is 33.2 Å². The van der Waals surface area contributed by atoms with Crippen molar-refractivity contribution in [2.45, 2.75) is 44.7 Å². The van der Waals surface area contributed by atoms with Gasteiger partial charge in [-0.2, -0.15) is 0 Å². The first-order chi connectivity index (χ1) is 8.38. The van der Waals surface area contributed by atoms with Crippen LogP contribution in [0.3, 0.4) is 0 Å². The minimum atomic E-state index is -0.0907. The van der Waals surface area contributed by atoms with Crippen LogP contribution in [0.2, 0.25) is 0 Å². The molecule has 100 valence electrons. The Hall–Kier alpha value is -0.390. The normalized spacial score (nSPS) is 22.4. The molecule has 5 heteroatoms. The molecule has 1 aromatic heterocycles. The Morgan fingerprint density at radius 3 is 2.89 bits per heavy atom. The molecule has 0 bridgehead atoms. The van der Waals surface area contributed by atoms with Crippen LogP contribution in [0.25, 0.3) is 0 Å². The van der Waals surface area contributed by atoms with Crippen LogP contribution < -0.4 is 5.73 Å². The highest BCUT2D eigenvalue weighted by Gasteiger charge is 2.39. The highest BCUT2D eigenvalue weighted by Crippen LogP contribution is 2.29. The van der Waals surface area contributed by atoms with Crippen LogP contribution in [0.5, 0.6) is 0 Å². The summed E-state index contributed by atoms with van der Waals surface area (Å²) in [5.41, 5.74) is 5.86. The second-order valence-electron chi connectivity index (χ2n) is 5.51. The zero-order valence-corrected chi connectivity index (χ0v) is 13.2. The van der Waals surface area contributed by atoms with Gasteiger partial charge in [-0.25, -0.2) is 0 Å². The van der Waals surface area contributed by atoms with Gasteiger partial charge in [0.1, 0.15) is 0 Å². The van der Waals surface area contributed by atoms with Gasteiger partial charge in [-0.1, -0.05) is 0 Å². The van der Waals surface area contributed by atoms with E-state index in [0.29, 0.717) is 13.0 Å². The van der Waals surface area contributed by atoms with Crippen molar-refractivity contribution in [3.05, 3.63) is 20.8 Å². The van der Waals surface area contributed by atoms with Gasteiger partial charge in [-0.05, 0) is 48.7 Å².